The van der Waals surface area contributed by atoms with E-state index in [0.29, 0.717) is 0 Å². The molecule has 0 aliphatic rings. The number of rotatable bonds is 1. The molecule has 0 rings (SSSR count). The summed E-state index contributed by atoms with van der Waals surface area (Å²) in [4.78, 5) is 9.25. The van der Waals surface area contributed by atoms with Crippen LogP contribution in [0, 0.1) is 0 Å². The van der Waals surface area contributed by atoms with E-state index in [1.807, 2.05) is 0 Å². The number of aliphatic hydroxyl groups excluding tert-OH is 3. The first-order chi connectivity index (χ1) is 6.51. The van der Waals surface area contributed by atoms with Gasteiger partial charge in [-0.15, -0.1) is 0 Å². The summed E-state index contributed by atoms with van der Waals surface area (Å²) in [7, 11) is 0. The lowest BCUT2D eigenvalue weighted by Crippen LogP contribution is -1.82. The highest BCUT2D eigenvalue weighted by Gasteiger charge is 1.73. The quantitative estimate of drug-likeness (QED) is 0.412. The molecule has 0 amide bonds. The molecule has 0 spiro atoms. The molecule has 0 saturated heterocycles. The van der Waals surface area contributed by atoms with E-state index >= 15 is 0 Å². The summed E-state index contributed by atoms with van der Waals surface area (Å²) in [5.74, 6) is -0.981. The number of hydrogen-bond donors (Lipinski definition) is 5. The normalized spacial score (nSPS) is 5.73. The molecule has 7 N–H and O–H groups in total. The van der Waals surface area contributed by atoms with E-state index in [1.54, 1.807) is 20.8 Å². The van der Waals surface area contributed by atoms with Crippen molar-refractivity contribution in [2.24, 2.45) is 0 Å². The molecule has 0 fully saturated rings. The molecule has 6 heteroatoms. The van der Waals surface area contributed by atoms with Crippen LogP contribution in [0.3, 0.4) is 0 Å². The molecule has 0 radical (unpaired) electrons. The molecular formula is C9H25NO5. The number of carboxylic acids is 1. The zero-order chi connectivity index (χ0) is 12.4. The second kappa shape index (κ2) is 51.8. The van der Waals surface area contributed by atoms with E-state index in [2.05, 4.69) is 6.58 Å². The van der Waals surface area contributed by atoms with Gasteiger partial charge in [-0.25, -0.2) is 4.79 Å². The molecule has 0 aromatic heterocycles. The number of carboxylic acid groups (broad SMARTS) is 1. The Labute approximate surface area is 91.5 Å². The Morgan fingerprint density at radius 1 is 1.07 bits per heavy atom. The summed E-state index contributed by atoms with van der Waals surface area (Å²) in [5.41, 5.74) is 0. The topological polar surface area (TPSA) is 133 Å². The summed E-state index contributed by atoms with van der Waals surface area (Å²) in [6, 6.07) is 0. The first-order valence-electron chi connectivity index (χ1n) is 4.19. The van der Waals surface area contributed by atoms with Crippen LogP contribution < -0.4 is 6.15 Å². The highest BCUT2D eigenvalue weighted by atomic mass is 16.4. The molecule has 0 aliphatic heterocycles. The van der Waals surface area contributed by atoms with Crippen molar-refractivity contribution in [2.45, 2.75) is 20.8 Å². The van der Waals surface area contributed by atoms with Crippen LogP contribution >= 0.6 is 0 Å². The van der Waals surface area contributed by atoms with Gasteiger partial charge in [-0.1, -0.05) is 6.58 Å². The fourth-order valence-corrected chi connectivity index (χ4v) is 0. The van der Waals surface area contributed by atoms with Gasteiger partial charge in [-0.05, 0) is 20.8 Å². The molecule has 0 unspecified atom stereocenters. The van der Waals surface area contributed by atoms with Crippen LogP contribution in [-0.4, -0.2) is 46.2 Å². The Morgan fingerprint density at radius 3 is 1.13 bits per heavy atom. The van der Waals surface area contributed by atoms with Crippen LogP contribution in [0.5, 0.6) is 0 Å². The minimum Gasteiger partial charge on any atom is -0.478 e. The third-order valence-electron chi connectivity index (χ3n) is 0.175. The molecule has 0 aliphatic carbocycles. The third-order valence-corrected chi connectivity index (χ3v) is 0.175. The molecule has 0 aromatic rings. The summed E-state index contributed by atoms with van der Waals surface area (Å²) in [5, 5.41) is 30.3. The maximum atomic E-state index is 9.25. The fourth-order valence-electron chi connectivity index (χ4n) is 0. The van der Waals surface area contributed by atoms with Crippen molar-refractivity contribution in [3.05, 3.63) is 12.7 Å². The molecule has 0 heterocycles. The van der Waals surface area contributed by atoms with Gasteiger partial charge in [0.05, 0.1) is 0 Å². The van der Waals surface area contributed by atoms with Gasteiger partial charge >= 0.3 is 5.97 Å². The standard InChI is InChI=1S/C3H4O2.3C2H6O.H3N/c1-2-3(4)5;3*1-2-3;/h2H,1H2,(H,4,5);3*3H,2H2,1H3;1H3. The summed E-state index contributed by atoms with van der Waals surface area (Å²) in [6.45, 7) is 8.75. The molecule has 15 heavy (non-hydrogen) atoms. The highest BCUT2D eigenvalue weighted by molar-refractivity contribution is 5.78. The van der Waals surface area contributed by atoms with Crippen molar-refractivity contribution >= 4 is 5.97 Å². The third kappa shape index (κ3) is 1450. The lowest BCUT2D eigenvalue weighted by molar-refractivity contribution is -0.131. The van der Waals surface area contributed by atoms with E-state index < -0.39 is 5.97 Å². The van der Waals surface area contributed by atoms with E-state index in [-0.39, 0.29) is 26.0 Å². The van der Waals surface area contributed by atoms with Gasteiger partial charge < -0.3 is 26.6 Å². The van der Waals surface area contributed by atoms with Gasteiger partial charge in [-0.3, -0.25) is 0 Å². The number of carbonyl (C=O) groups is 1. The van der Waals surface area contributed by atoms with Gasteiger partial charge in [0.15, 0.2) is 0 Å². The minimum atomic E-state index is -0.981. The Morgan fingerprint density at radius 2 is 1.13 bits per heavy atom. The second-order valence-electron chi connectivity index (χ2n) is 1.49. The number of aliphatic hydroxyl groups is 3. The van der Waals surface area contributed by atoms with Crippen molar-refractivity contribution in [3.8, 4) is 0 Å². The van der Waals surface area contributed by atoms with Gasteiger partial charge in [0.2, 0.25) is 0 Å². The molecule has 96 valence electrons. The van der Waals surface area contributed by atoms with Crippen LogP contribution in [0.15, 0.2) is 12.7 Å². The van der Waals surface area contributed by atoms with Crippen molar-refractivity contribution in [1.82, 2.24) is 6.15 Å². The first kappa shape index (κ1) is 29.2. The van der Waals surface area contributed by atoms with Crippen molar-refractivity contribution in [2.75, 3.05) is 19.8 Å². The van der Waals surface area contributed by atoms with Crippen molar-refractivity contribution in [3.63, 3.8) is 0 Å². The summed E-state index contributed by atoms with van der Waals surface area (Å²) >= 11 is 0. The van der Waals surface area contributed by atoms with Gasteiger partial charge in [0, 0.05) is 25.9 Å². The van der Waals surface area contributed by atoms with Gasteiger partial charge in [-0.2, -0.15) is 0 Å². The van der Waals surface area contributed by atoms with Crippen LogP contribution in [0.2, 0.25) is 0 Å². The van der Waals surface area contributed by atoms with E-state index in [4.69, 9.17) is 20.4 Å². The lowest BCUT2D eigenvalue weighted by atomic mass is 10.7. The van der Waals surface area contributed by atoms with E-state index in [1.165, 1.54) is 0 Å². The molecule has 0 aromatic carbocycles. The van der Waals surface area contributed by atoms with Gasteiger partial charge in [0.1, 0.15) is 0 Å². The van der Waals surface area contributed by atoms with Crippen molar-refractivity contribution in [1.29, 1.82) is 0 Å². The predicted molar refractivity (Wildman–Crippen MR) is 61.1 cm³/mol. The molecule has 0 saturated carbocycles. The maximum Gasteiger partial charge on any atom is 0.327 e. The van der Waals surface area contributed by atoms with Crippen LogP contribution in [-0.2, 0) is 4.79 Å². The monoisotopic (exact) mass is 227 g/mol. The average Bonchev–Trinajstić information content (AvgIpc) is 2.08. The predicted octanol–water partition coefficient (Wildman–Crippen LogP) is 0.415. The number of hydrogen-bond acceptors (Lipinski definition) is 5. The summed E-state index contributed by atoms with van der Waals surface area (Å²) < 4.78 is 0. The van der Waals surface area contributed by atoms with Gasteiger partial charge in [0.25, 0.3) is 0 Å². The maximum absolute atomic E-state index is 9.25. The molecule has 0 bridgehead atoms. The summed E-state index contributed by atoms with van der Waals surface area (Å²) in [6.07, 6.45) is 0.833. The smallest absolute Gasteiger partial charge is 0.327 e. The molecule has 0 atom stereocenters. The van der Waals surface area contributed by atoms with Crippen LogP contribution in [0.4, 0.5) is 0 Å². The zero-order valence-corrected chi connectivity index (χ0v) is 9.81. The fraction of sp³-hybridized carbons (Fsp3) is 0.667. The Balaban J connectivity index is -0.0000000300. The zero-order valence-electron chi connectivity index (χ0n) is 9.81. The first-order valence-corrected chi connectivity index (χ1v) is 4.19. The van der Waals surface area contributed by atoms with Crippen LogP contribution in [0.25, 0.3) is 0 Å². The molecule has 6 nitrogen and oxygen atoms in total. The second-order valence-corrected chi connectivity index (χ2v) is 1.49. The molecular weight excluding hydrogens is 202 g/mol. The van der Waals surface area contributed by atoms with Crippen LogP contribution in [0.1, 0.15) is 20.8 Å². The van der Waals surface area contributed by atoms with E-state index in [0.717, 1.165) is 6.08 Å². The Hall–Kier alpha value is -0.950. The Kier molecular flexibility index (Phi) is 101. The Bertz CT molecular complexity index is 93.7. The SMILES string of the molecule is C=CC(=O)O.CCO.CCO.CCO.N. The highest BCUT2D eigenvalue weighted by Crippen LogP contribution is 1.54. The van der Waals surface area contributed by atoms with E-state index in [9.17, 15) is 4.79 Å². The average molecular weight is 227 g/mol. The lowest BCUT2D eigenvalue weighted by Gasteiger charge is -1.64. The number of aliphatic carboxylic acids is 1. The van der Waals surface area contributed by atoms with Crippen molar-refractivity contribution < 1.29 is 25.2 Å². The largest absolute Gasteiger partial charge is 0.478 e. The minimum absolute atomic E-state index is 0.